The molecule has 0 fully saturated rings. The Hall–Kier alpha value is -2.95. The fraction of sp³-hybridized carbons (Fsp3) is 0.200. The quantitative estimate of drug-likeness (QED) is 0.776. The summed E-state index contributed by atoms with van der Waals surface area (Å²) in [6.45, 7) is 2.00. The van der Waals surface area contributed by atoms with E-state index < -0.39 is 6.04 Å². The third-order valence-electron chi connectivity index (χ3n) is 4.12. The van der Waals surface area contributed by atoms with Crippen LogP contribution in [0.25, 0.3) is 0 Å². The van der Waals surface area contributed by atoms with Crippen molar-refractivity contribution in [2.24, 2.45) is 7.05 Å². The van der Waals surface area contributed by atoms with E-state index in [4.69, 9.17) is 0 Å². The van der Waals surface area contributed by atoms with Crippen LogP contribution in [0.2, 0.25) is 0 Å². The fourth-order valence-corrected chi connectivity index (χ4v) is 2.75. The van der Waals surface area contributed by atoms with Crippen LogP contribution in [-0.2, 0) is 18.3 Å². The van der Waals surface area contributed by atoms with Gasteiger partial charge in [-0.1, -0.05) is 48.0 Å². The van der Waals surface area contributed by atoms with Crippen LogP contribution in [0.15, 0.2) is 60.9 Å². The zero-order valence-corrected chi connectivity index (χ0v) is 14.2. The van der Waals surface area contributed by atoms with E-state index in [2.05, 4.69) is 10.3 Å². The standard InChI is InChI=1S/C20H20FN3O/c1-14-7-9-15(10-8-14)13-18(25)23-19(20-22-11-12-24(20)2)16-5-3-4-6-17(16)21/h3-12,19H,13H2,1-2H3,(H,23,25)/t19-/m0/s1. The number of benzene rings is 2. The van der Waals surface area contributed by atoms with Crippen LogP contribution in [0.4, 0.5) is 4.39 Å². The second kappa shape index (κ2) is 7.30. The van der Waals surface area contributed by atoms with Crippen LogP contribution < -0.4 is 5.32 Å². The van der Waals surface area contributed by atoms with Crippen molar-refractivity contribution >= 4 is 5.91 Å². The number of amides is 1. The van der Waals surface area contributed by atoms with Gasteiger partial charge in [0.1, 0.15) is 17.7 Å². The number of hydrogen-bond donors (Lipinski definition) is 1. The van der Waals surface area contributed by atoms with Gasteiger partial charge in [0, 0.05) is 25.0 Å². The molecule has 1 N–H and O–H groups in total. The highest BCUT2D eigenvalue weighted by Crippen LogP contribution is 2.23. The van der Waals surface area contributed by atoms with Crippen molar-refractivity contribution in [2.45, 2.75) is 19.4 Å². The minimum atomic E-state index is -0.640. The normalized spacial score (nSPS) is 12.0. The van der Waals surface area contributed by atoms with E-state index in [1.807, 2.05) is 38.2 Å². The highest BCUT2D eigenvalue weighted by Gasteiger charge is 2.23. The molecular weight excluding hydrogens is 317 g/mol. The summed E-state index contributed by atoms with van der Waals surface area (Å²) in [7, 11) is 1.82. The van der Waals surface area contributed by atoms with E-state index >= 15 is 0 Å². The van der Waals surface area contributed by atoms with Gasteiger partial charge >= 0.3 is 0 Å². The number of aryl methyl sites for hydroxylation is 2. The Morgan fingerprint density at radius 2 is 1.92 bits per heavy atom. The monoisotopic (exact) mass is 337 g/mol. The molecule has 3 aromatic rings. The Kier molecular flexibility index (Phi) is 4.93. The maximum absolute atomic E-state index is 14.3. The molecule has 0 aliphatic heterocycles. The zero-order chi connectivity index (χ0) is 17.8. The highest BCUT2D eigenvalue weighted by molar-refractivity contribution is 5.79. The van der Waals surface area contributed by atoms with E-state index in [9.17, 15) is 9.18 Å². The van der Waals surface area contributed by atoms with Crippen LogP contribution in [0.3, 0.4) is 0 Å². The molecule has 128 valence electrons. The van der Waals surface area contributed by atoms with E-state index in [1.54, 1.807) is 35.2 Å². The molecule has 2 aromatic carbocycles. The minimum Gasteiger partial charge on any atom is -0.342 e. The summed E-state index contributed by atoms with van der Waals surface area (Å²) in [6.07, 6.45) is 3.64. The molecule has 25 heavy (non-hydrogen) atoms. The largest absolute Gasteiger partial charge is 0.342 e. The third-order valence-corrected chi connectivity index (χ3v) is 4.12. The van der Waals surface area contributed by atoms with Crippen molar-refractivity contribution in [1.82, 2.24) is 14.9 Å². The van der Waals surface area contributed by atoms with Gasteiger partial charge in [0.25, 0.3) is 0 Å². The number of halogens is 1. The van der Waals surface area contributed by atoms with Gasteiger partial charge in [0.05, 0.1) is 6.42 Å². The van der Waals surface area contributed by atoms with E-state index in [0.29, 0.717) is 11.4 Å². The molecule has 3 rings (SSSR count). The first-order chi connectivity index (χ1) is 12.0. The van der Waals surface area contributed by atoms with Gasteiger partial charge in [0.15, 0.2) is 0 Å². The molecule has 1 amide bonds. The van der Waals surface area contributed by atoms with Gasteiger partial charge in [-0.05, 0) is 18.6 Å². The van der Waals surface area contributed by atoms with Crippen LogP contribution in [0.5, 0.6) is 0 Å². The first kappa shape index (κ1) is 16.9. The average molecular weight is 337 g/mol. The zero-order valence-electron chi connectivity index (χ0n) is 14.2. The Bertz CT molecular complexity index is 871. The number of carbonyl (C=O) groups is 1. The minimum absolute atomic E-state index is 0.180. The first-order valence-corrected chi connectivity index (χ1v) is 8.11. The number of nitrogens with zero attached hydrogens (tertiary/aromatic N) is 2. The maximum atomic E-state index is 14.3. The van der Waals surface area contributed by atoms with E-state index in [0.717, 1.165) is 11.1 Å². The molecular formula is C20H20FN3O. The smallest absolute Gasteiger partial charge is 0.225 e. The highest BCUT2D eigenvalue weighted by atomic mass is 19.1. The van der Waals surface area contributed by atoms with Gasteiger partial charge in [-0.25, -0.2) is 9.37 Å². The Balaban J connectivity index is 1.85. The maximum Gasteiger partial charge on any atom is 0.225 e. The van der Waals surface area contributed by atoms with Crippen molar-refractivity contribution in [2.75, 3.05) is 0 Å². The topological polar surface area (TPSA) is 46.9 Å². The SMILES string of the molecule is Cc1ccc(CC(=O)N[C@@H](c2ccccc2F)c2nccn2C)cc1. The molecule has 5 heteroatoms. The predicted molar refractivity (Wildman–Crippen MR) is 94.5 cm³/mol. The van der Waals surface area contributed by atoms with E-state index in [1.165, 1.54) is 6.07 Å². The van der Waals surface area contributed by atoms with Crippen LogP contribution >= 0.6 is 0 Å². The molecule has 0 bridgehead atoms. The second-order valence-corrected chi connectivity index (χ2v) is 6.08. The molecule has 0 aliphatic rings. The lowest BCUT2D eigenvalue weighted by atomic mass is 10.0. The molecule has 0 saturated carbocycles. The number of rotatable bonds is 5. The molecule has 0 spiro atoms. The van der Waals surface area contributed by atoms with Crippen molar-refractivity contribution in [1.29, 1.82) is 0 Å². The lowest BCUT2D eigenvalue weighted by molar-refractivity contribution is -0.121. The van der Waals surface area contributed by atoms with Crippen molar-refractivity contribution < 1.29 is 9.18 Å². The van der Waals surface area contributed by atoms with Crippen LogP contribution in [-0.4, -0.2) is 15.5 Å². The van der Waals surface area contributed by atoms with Gasteiger partial charge in [0.2, 0.25) is 5.91 Å². The summed E-state index contributed by atoms with van der Waals surface area (Å²) < 4.78 is 16.1. The predicted octanol–water partition coefficient (Wildman–Crippen LogP) is 3.32. The van der Waals surface area contributed by atoms with Crippen molar-refractivity contribution in [3.05, 3.63) is 89.3 Å². The summed E-state index contributed by atoms with van der Waals surface area (Å²) in [5.74, 6) is 0.0357. The summed E-state index contributed by atoms with van der Waals surface area (Å²) in [5, 5.41) is 2.92. The van der Waals surface area contributed by atoms with E-state index in [-0.39, 0.29) is 18.1 Å². The first-order valence-electron chi connectivity index (χ1n) is 8.11. The summed E-state index contributed by atoms with van der Waals surface area (Å²) in [4.78, 5) is 16.8. The summed E-state index contributed by atoms with van der Waals surface area (Å²) >= 11 is 0. The number of hydrogen-bond acceptors (Lipinski definition) is 2. The third kappa shape index (κ3) is 3.94. The fourth-order valence-electron chi connectivity index (χ4n) is 2.75. The lowest BCUT2D eigenvalue weighted by Gasteiger charge is -2.20. The lowest BCUT2D eigenvalue weighted by Crippen LogP contribution is -2.32. The van der Waals surface area contributed by atoms with Gasteiger partial charge in [-0.15, -0.1) is 0 Å². The number of carbonyl (C=O) groups excluding carboxylic acids is 1. The number of nitrogens with one attached hydrogen (secondary N) is 1. The van der Waals surface area contributed by atoms with Crippen molar-refractivity contribution in [3.8, 4) is 0 Å². The Labute approximate surface area is 146 Å². The van der Waals surface area contributed by atoms with Crippen LogP contribution in [0, 0.1) is 12.7 Å². The molecule has 1 heterocycles. The molecule has 0 aliphatic carbocycles. The van der Waals surface area contributed by atoms with Gasteiger partial charge in [-0.2, -0.15) is 0 Å². The van der Waals surface area contributed by atoms with Crippen LogP contribution in [0.1, 0.15) is 28.6 Å². The molecule has 4 nitrogen and oxygen atoms in total. The average Bonchev–Trinajstić information content (AvgIpc) is 3.01. The molecule has 1 aromatic heterocycles. The Morgan fingerprint density at radius 3 is 2.56 bits per heavy atom. The number of aromatic nitrogens is 2. The summed E-state index contributed by atoms with van der Waals surface area (Å²) in [5.41, 5.74) is 2.45. The second-order valence-electron chi connectivity index (χ2n) is 6.08. The molecule has 1 atom stereocenters. The molecule has 0 unspecified atom stereocenters. The van der Waals surface area contributed by atoms with Gasteiger partial charge < -0.3 is 9.88 Å². The molecule has 0 radical (unpaired) electrons. The van der Waals surface area contributed by atoms with Crippen molar-refractivity contribution in [3.63, 3.8) is 0 Å². The molecule has 0 saturated heterocycles. The van der Waals surface area contributed by atoms with Gasteiger partial charge in [-0.3, -0.25) is 4.79 Å². The number of imidazole rings is 1. The Morgan fingerprint density at radius 1 is 1.20 bits per heavy atom. The summed E-state index contributed by atoms with van der Waals surface area (Å²) in [6, 6.07) is 13.6.